The Hall–Kier alpha value is -0.460. The van der Waals surface area contributed by atoms with Gasteiger partial charge < -0.3 is 0 Å². The number of halogens is 2. The fraction of sp³-hybridized carbons (Fsp3) is 0.588. The number of hydrogen-bond acceptors (Lipinski definition) is 5. The number of nitrogens with zero attached hydrogens (tertiary/aromatic N) is 4. The zero-order valence-corrected chi connectivity index (χ0v) is 17.3. The minimum absolute atomic E-state index is 0.546. The molecule has 0 aromatic heterocycles. The highest BCUT2D eigenvalue weighted by molar-refractivity contribution is 8.14. The number of benzene rings is 1. The van der Waals surface area contributed by atoms with Gasteiger partial charge in [-0.3, -0.25) is 9.91 Å². The van der Waals surface area contributed by atoms with Gasteiger partial charge in [0.15, 0.2) is 5.17 Å². The lowest BCUT2D eigenvalue weighted by atomic mass is 10.2. The third kappa shape index (κ3) is 4.79. The summed E-state index contributed by atoms with van der Waals surface area (Å²) in [5.74, 6) is 1.00. The Morgan fingerprint density at radius 1 is 1.17 bits per heavy atom. The van der Waals surface area contributed by atoms with Crippen molar-refractivity contribution in [1.29, 1.82) is 0 Å². The van der Waals surface area contributed by atoms with Gasteiger partial charge in [0.2, 0.25) is 0 Å². The van der Waals surface area contributed by atoms with Crippen molar-refractivity contribution in [3.63, 3.8) is 0 Å². The van der Waals surface area contributed by atoms with E-state index in [1.54, 1.807) is 11.8 Å². The monoisotopic (exact) mass is 388 g/mol. The molecular formula is C17H26Cl2N4S. The first-order valence-corrected chi connectivity index (χ1v) is 9.94. The van der Waals surface area contributed by atoms with Crippen LogP contribution in [0.4, 0.5) is 5.69 Å². The highest BCUT2D eigenvalue weighted by Crippen LogP contribution is 2.31. The normalized spacial score (nSPS) is 15.9. The first-order valence-electron chi connectivity index (χ1n) is 8.20. The lowest BCUT2D eigenvalue weighted by molar-refractivity contribution is 0.187. The summed E-state index contributed by atoms with van der Waals surface area (Å²) < 4.78 is 0. The second kappa shape index (κ2) is 8.77. The Balaban J connectivity index is 2.02. The zero-order valence-electron chi connectivity index (χ0n) is 15.0. The molecule has 1 aromatic carbocycles. The van der Waals surface area contributed by atoms with E-state index in [1.807, 2.05) is 25.2 Å². The minimum atomic E-state index is 0.546. The van der Waals surface area contributed by atoms with Crippen LogP contribution in [0.5, 0.6) is 0 Å². The van der Waals surface area contributed by atoms with Crippen LogP contribution in [-0.2, 0) is 0 Å². The van der Waals surface area contributed by atoms with E-state index in [4.69, 9.17) is 23.2 Å². The highest BCUT2D eigenvalue weighted by atomic mass is 35.5. The van der Waals surface area contributed by atoms with E-state index in [1.165, 1.54) is 0 Å². The first kappa shape index (κ1) is 19.9. The fourth-order valence-corrected chi connectivity index (χ4v) is 4.12. The second-order valence-electron chi connectivity index (χ2n) is 6.42. The number of amidine groups is 1. The Morgan fingerprint density at radius 2 is 1.83 bits per heavy atom. The molecule has 0 spiro atoms. The van der Waals surface area contributed by atoms with Crippen molar-refractivity contribution >= 4 is 45.8 Å². The van der Waals surface area contributed by atoms with Crippen LogP contribution in [0, 0.1) is 0 Å². The summed E-state index contributed by atoms with van der Waals surface area (Å²) in [4.78, 5) is 7.15. The standard InChI is InChI=1S/C17H26Cl2N4S/c1-12(2)22(13(3)4)8-9-24-17-20-11-21(5)23(17)14-6-7-15(18)16(19)10-14/h6-7,10,12-13H,8-9,11H2,1-5H3. The molecule has 0 unspecified atom stereocenters. The number of thioether (sulfide) groups is 1. The largest absolute Gasteiger partial charge is 0.298 e. The molecule has 0 amide bonds. The SMILES string of the molecule is CC(C)N(CCSC1=NCN(C)N1c1ccc(Cl)c(Cl)c1)C(C)C. The number of rotatable bonds is 6. The minimum Gasteiger partial charge on any atom is -0.298 e. The molecule has 0 bridgehead atoms. The van der Waals surface area contributed by atoms with Crippen LogP contribution in [0.1, 0.15) is 27.7 Å². The van der Waals surface area contributed by atoms with Crippen LogP contribution < -0.4 is 5.01 Å². The highest BCUT2D eigenvalue weighted by Gasteiger charge is 2.25. The maximum atomic E-state index is 6.17. The van der Waals surface area contributed by atoms with Crippen molar-refractivity contribution in [2.45, 2.75) is 39.8 Å². The Bertz CT molecular complexity index is 584. The number of anilines is 1. The van der Waals surface area contributed by atoms with E-state index in [9.17, 15) is 0 Å². The summed E-state index contributed by atoms with van der Waals surface area (Å²) in [6, 6.07) is 6.78. The van der Waals surface area contributed by atoms with Crippen LogP contribution in [0.25, 0.3) is 0 Å². The molecule has 0 aliphatic carbocycles. The van der Waals surface area contributed by atoms with Gasteiger partial charge in [0.25, 0.3) is 0 Å². The van der Waals surface area contributed by atoms with Crippen LogP contribution in [-0.4, -0.2) is 53.2 Å². The van der Waals surface area contributed by atoms with Gasteiger partial charge in [-0.25, -0.2) is 4.99 Å². The Labute approximate surface area is 159 Å². The molecule has 1 heterocycles. The summed E-state index contributed by atoms with van der Waals surface area (Å²) in [6.07, 6.45) is 0. The van der Waals surface area contributed by atoms with Crippen molar-refractivity contribution in [2.24, 2.45) is 4.99 Å². The van der Waals surface area contributed by atoms with Gasteiger partial charge in [-0.2, -0.15) is 5.01 Å². The molecule has 0 saturated heterocycles. The van der Waals surface area contributed by atoms with Gasteiger partial charge in [-0.15, -0.1) is 0 Å². The van der Waals surface area contributed by atoms with E-state index in [2.05, 4.69) is 47.6 Å². The Morgan fingerprint density at radius 3 is 2.42 bits per heavy atom. The van der Waals surface area contributed by atoms with Crippen LogP contribution >= 0.6 is 35.0 Å². The van der Waals surface area contributed by atoms with Crippen LogP contribution in [0.3, 0.4) is 0 Å². The molecule has 2 rings (SSSR count). The average Bonchev–Trinajstić information content (AvgIpc) is 2.86. The quantitative estimate of drug-likeness (QED) is 0.695. The third-order valence-corrected chi connectivity index (χ3v) is 5.67. The van der Waals surface area contributed by atoms with Crippen LogP contribution in [0.2, 0.25) is 10.0 Å². The fourth-order valence-electron chi connectivity index (χ4n) is 2.83. The maximum absolute atomic E-state index is 6.17. The number of aliphatic imine (C=N–C) groups is 1. The summed E-state index contributed by atoms with van der Waals surface area (Å²) in [5.41, 5.74) is 0.986. The van der Waals surface area contributed by atoms with Gasteiger partial charge >= 0.3 is 0 Å². The molecule has 134 valence electrons. The van der Waals surface area contributed by atoms with Crippen molar-refractivity contribution in [1.82, 2.24) is 9.91 Å². The summed E-state index contributed by atoms with van der Waals surface area (Å²) in [6.45, 7) is 10.7. The van der Waals surface area contributed by atoms with Gasteiger partial charge in [0, 0.05) is 31.4 Å². The number of hydrogen-bond donors (Lipinski definition) is 0. The maximum Gasteiger partial charge on any atom is 0.180 e. The lowest BCUT2D eigenvalue weighted by Gasteiger charge is -2.31. The molecule has 0 fully saturated rings. The van der Waals surface area contributed by atoms with Crippen molar-refractivity contribution < 1.29 is 0 Å². The molecular weight excluding hydrogens is 363 g/mol. The molecule has 0 N–H and O–H groups in total. The van der Waals surface area contributed by atoms with E-state index in [0.29, 0.717) is 28.8 Å². The molecule has 0 atom stereocenters. The molecule has 24 heavy (non-hydrogen) atoms. The van der Waals surface area contributed by atoms with Gasteiger partial charge in [0.05, 0.1) is 15.7 Å². The Kier molecular flexibility index (Phi) is 7.25. The van der Waals surface area contributed by atoms with E-state index in [-0.39, 0.29) is 0 Å². The predicted molar refractivity (Wildman–Crippen MR) is 108 cm³/mol. The topological polar surface area (TPSA) is 22.1 Å². The molecule has 1 aliphatic heterocycles. The smallest absolute Gasteiger partial charge is 0.180 e. The van der Waals surface area contributed by atoms with Gasteiger partial charge in [-0.05, 0) is 45.9 Å². The molecule has 1 aliphatic rings. The van der Waals surface area contributed by atoms with Crippen LogP contribution in [0.15, 0.2) is 23.2 Å². The van der Waals surface area contributed by atoms with Crippen molar-refractivity contribution in [3.8, 4) is 0 Å². The van der Waals surface area contributed by atoms with Gasteiger partial charge in [0.1, 0.15) is 6.67 Å². The zero-order chi connectivity index (χ0) is 17.9. The molecule has 0 saturated carbocycles. The second-order valence-corrected chi connectivity index (χ2v) is 8.30. The first-order chi connectivity index (χ1) is 11.3. The van der Waals surface area contributed by atoms with Crippen molar-refractivity contribution in [3.05, 3.63) is 28.2 Å². The number of hydrazine groups is 1. The molecule has 4 nitrogen and oxygen atoms in total. The summed E-state index contributed by atoms with van der Waals surface area (Å²) in [7, 11) is 2.02. The van der Waals surface area contributed by atoms with E-state index in [0.717, 1.165) is 23.2 Å². The predicted octanol–water partition coefficient (Wildman–Crippen LogP) is 4.83. The third-order valence-electron chi connectivity index (χ3n) is 3.99. The average molecular weight is 389 g/mol. The van der Waals surface area contributed by atoms with Gasteiger partial charge in [-0.1, -0.05) is 35.0 Å². The van der Waals surface area contributed by atoms with E-state index < -0.39 is 0 Å². The molecule has 1 aromatic rings. The van der Waals surface area contributed by atoms with E-state index >= 15 is 0 Å². The molecule has 7 heteroatoms. The summed E-state index contributed by atoms with van der Waals surface area (Å²) in [5, 5.41) is 6.30. The molecule has 0 radical (unpaired) electrons. The van der Waals surface area contributed by atoms with Crippen molar-refractivity contribution in [2.75, 3.05) is 31.0 Å². The summed E-state index contributed by atoms with van der Waals surface area (Å²) >= 11 is 14.0. The lowest BCUT2D eigenvalue weighted by Crippen LogP contribution is -2.40.